The molecule has 0 bridgehead atoms. The van der Waals surface area contributed by atoms with E-state index in [1.807, 2.05) is 0 Å². The first-order chi connectivity index (χ1) is 10.0. The van der Waals surface area contributed by atoms with Gasteiger partial charge in [0.1, 0.15) is 11.5 Å². The van der Waals surface area contributed by atoms with E-state index in [2.05, 4.69) is 21.2 Å². The van der Waals surface area contributed by atoms with Gasteiger partial charge < -0.3 is 10.1 Å². The Morgan fingerprint density at radius 3 is 2.81 bits per heavy atom. The average Bonchev–Trinajstić information content (AvgIpc) is 2.42. The van der Waals surface area contributed by atoms with E-state index < -0.39 is 4.92 Å². The smallest absolute Gasteiger partial charge is 0.274 e. The number of non-ortho nitro benzene ring substituents is 1. The molecule has 2 rings (SSSR count). The second-order valence-corrected chi connectivity index (χ2v) is 5.57. The van der Waals surface area contributed by atoms with Crippen molar-refractivity contribution >= 4 is 33.2 Å². The Hall–Kier alpha value is -1.63. The summed E-state index contributed by atoms with van der Waals surface area (Å²) in [5.41, 5.74) is 0.751. The first kappa shape index (κ1) is 15.8. The molecular weight excluding hydrogens is 360 g/mol. The van der Waals surface area contributed by atoms with Gasteiger partial charge in [-0.15, -0.1) is 0 Å². The summed E-state index contributed by atoms with van der Waals surface area (Å²) in [5, 5.41) is 14.5. The van der Waals surface area contributed by atoms with E-state index in [0.717, 1.165) is 5.56 Å². The molecule has 0 heterocycles. The van der Waals surface area contributed by atoms with Crippen molar-refractivity contribution in [1.29, 1.82) is 0 Å². The molecule has 0 saturated heterocycles. The monoisotopic (exact) mass is 370 g/mol. The molecule has 1 N–H and O–H groups in total. The Bertz CT molecular complexity index is 679. The van der Waals surface area contributed by atoms with Crippen molar-refractivity contribution in [1.82, 2.24) is 5.32 Å². The number of hydrogen-bond acceptors (Lipinski definition) is 4. The molecule has 0 amide bonds. The average molecular weight is 372 g/mol. The Balaban J connectivity index is 2.38. The SMILES string of the molecule is CNCc1c(Cl)cccc1Oc1cc(Br)cc([N+](=O)[O-])c1. The van der Waals surface area contributed by atoms with E-state index in [1.54, 1.807) is 31.3 Å². The lowest BCUT2D eigenvalue weighted by Crippen LogP contribution is -2.07. The van der Waals surface area contributed by atoms with E-state index in [9.17, 15) is 10.1 Å². The van der Waals surface area contributed by atoms with Gasteiger partial charge in [-0.25, -0.2) is 0 Å². The molecule has 0 spiro atoms. The zero-order chi connectivity index (χ0) is 15.4. The predicted octanol–water partition coefficient (Wildman–Crippen LogP) is 4.52. The summed E-state index contributed by atoms with van der Waals surface area (Å²) in [6, 6.07) is 9.75. The minimum absolute atomic E-state index is 0.0448. The van der Waals surface area contributed by atoms with Gasteiger partial charge in [0, 0.05) is 27.7 Å². The third kappa shape index (κ3) is 3.93. The Morgan fingerprint density at radius 1 is 1.38 bits per heavy atom. The van der Waals surface area contributed by atoms with E-state index in [1.165, 1.54) is 12.1 Å². The maximum Gasteiger partial charge on any atom is 0.274 e. The zero-order valence-corrected chi connectivity index (χ0v) is 13.4. The molecule has 2 aromatic rings. The Kier molecular flexibility index (Phi) is 5.17. The molecule has 0 radical (unpaired) electrons. The van der Waals surface area contributed by atoms with Crippen LogP contribution in [0.15, 0.2) is 40.9 Å². The fourth-order valence-corrected chi connectivity index (χ4v) is 2.51. The minimum atomic E-state index is -0.468. The molecule has 0 atom stereocenters. The number of ether oxygens (including phenoxy) is 1. The number of nitro benzene ring substituents is 1. The lowest BCUT2D eigenvalue weighted by Gasteiger charge is -2.12. The van der Waals surface area contributed by atoms with Crippen LogP contribution in [0.3, 0.4) is 0 Å². The molecule has 0 saturated carbocycles. The highest BCUT2D eigenvalue weighted by Crippen LogP contribution is 2.33. The lowest BCUT2D eigenvalue weighted by atomic mass is 10.2. The van der Waals surface area contributed by atoms with Crippen molar-refractivity contribution in [2.24, 2.45) is 0 Å². The van der Waals surface area contributed by atoms with Crippen LogP contribution in [0.1, 0.15) is 5.56 Å². The molecule has 0 aliphatic rings. The van der Waals surface area contributed by atoms with Crippen molar-refractivity contribution in [2.75, 3.05) is 7.05 Å². The molecule has 0 aliphatic heterocycles. The van der Waals surface area contributed by atoms with Crippen LogP contribution >= 0.6 is 27.5 Å². The van der Waals surface area contributed by atoms with E-state index >= 15 is 0 Å². The molecule has 0 aliphatic carbocycles. The summed E-state index contributed by atoms with van der Waals surface area (Å²) in [7, 11) is 1.80. The maximum atomic E-state index is 10.9. The number of nitrogens with one attached hydrogen (secondary N) is 1. The maximum absolute atomic E-state index is 10.9. The van der Waals surface area contributed by atoms with Crippen LogP contribution in [-0.4, -0.2) is 12.0 Å². The molecule has 110 valence electrons. The van der Waals surface area contributed by atoms with Crippen LogP contribution in [0.2, 0.25) is 5.02 Å². The summed E-state index contributed by atoms with van der Waals surface area (Å²) in [6.45, 7) is 0.533. The second kappa shape index (κ2) is 6.89. The lowest BCUT2D eigenvalue weighted by molar-refractivity contribution is -0.385. The van der Waals surface area contributed by atoms with Gasteiger partial charge in [0.25, 0.3) is 5.69 Å². The largest absolute Gasteiger partial charge is 0.457 e. The van der Waals surface area contributed by atoms with Crippen molar-refractivity contribution in [3.63, 3.8) is 0 Å². The molecule has 7 heteroatoms. The van der Waals surface area contributed by atoms with Crippen LogP contribution in [0.4, 0.5) is 5.69 Å². The van der Waals surface area contributed by atoms with Crippen LogP contribution in [-0.2, 0) is 6.54 Å². The fraction of sp³-hybridized carbons (Fsp3) is 0.143. The first-order valence-electron chi connectivity index (χ1n) is 6.06. The van der Waals surface area contributed by atoms with E-state index in [-0.39, 0.29) is 5.69 Å². The summed E-state index contributed by atoms with van der Waals surface area (Å²) < 4.78 is 6.33. The summed E-state index contributed by atoms with van der Waals surface area (Å²) in [6.07, 6.45) is 0. The minimum Gasteiger partial charge on any atom is -0.457 e. The topological polar surface area (TPSA) is 64.4 Å². The number of halogens is 2. The number of nitrogens with zero attached hydrogens (tertiary/aromatic N) is 1. The Morgan fingerprint density at radius 2 is 2.14 bits per heavy atom. The zero-order valence-electron chi connectivity index (χ0n) is 11.1. The van der Waals surface area contributed by atoms with Gasteiger partial charge in [-0.2, -0.15) is 0 Å². The predicted molar refractivity (Wildman–Crippen MR) is 85.1 cm³/mol. The van der Waals surface area contributed by atoms with Crippen molar-refractivity contribution in [3.05, 3.63) is 61.6 Å². The summed E-state index contributed by atoms with van der Waals surface area (Å²) in [5.74, 6) is 0.931. The van der Waals surface area contributed by atoms with Crippen molar-refractivity contribution in [3.8, 4) is 11.5 Å². The van der Waals surface area contributed by atoms with E-state index in [4.69, 9.17) is 16.3 Å². The molecule has 0 fully saturated rings. The number of rotatable bonds is 5. The Labute approximate surface area is 135 Å². The van der Waals surface area contributed by atoms with Crippen LogP contribution in [0, 0.1) is 10.1 Å². The number of benzene rings is 2. The third-order valence-corrected chi connectivity index (χ3v) is 3.54. The van der Waals surface area contributed by atoms with Gasteiger partial charge in [0.05, 0.1) is 11.0 Å². The van der Waals surface area contributed by atoms with Gasteiger partial charge in [-0.3, -0.25) is 10.1 Å². The number of nitro groups is 1. The van der Waals surface area contributed by atoms with Crippen LogP contribution in [0.5, 0.6) is 11.5 Å². The summed E-state index contributed by atoms with van der Waals surface area (Å²) in [4.78, 5) is 10.4. The molecular formula is C14H12BrClN2O3. The third-order valence-electron chi connectivity index (χ3n) is 2.72. The quantitative estimate of drug-likeness (QED) is 0.620. The molecule has 5 nitrogen and oxygen atoms in total. The van der Waals surface area contributed by atoms with Crippen LogP contribution < -0.4 is 10.1 Å². The molecule has 0 aromatic heterocycles. The standard InChI is InChI=1S/C14H12BrClN2O3/c1-17-8-12-13(16)3-2-4-14(12)21-11-6-9(15)5-10(7-11)18(19)20/h2-7,17H,8H2,1H3. The fourth-order valence-electron chi connectivity index (χ4n) is 1.82. The second-order valence-electron chi connectivity index (χ2n) is 4.25. The van der Waals surface area contributed by atoms with Crippen molar-refractivity contribution < 1.29 is 9.66 Å². The number of hydrogen-bond donors (Lipinski definition) is 1. The van der Waals surface area contributed by atoms with Gasteiger partial charge in [0.15, 0.2) is 0 Å². The van der Waals surface area contributed by atoms with E-state index in [0.29, 0.717) is 27.5 Å². The highest BCUT2D eigenvalue weighted by Gasteiger charge is 2.13. The van der Waals surface area contributed by atoms with Gasteiger partial charge in [-0.05, 0) is 25.2 Å². The first-order valence-corrected chi connectivity index (χ1v) is 7.23. The van der Waals surface area contributed by atoms with Crippen LogP contribution in [0.25, 0.3) is 0 Å². The van der Waals surface area contributed by atoms with Gasteiger partial charge >= 0.3 is 0 Å². The van der Waals surface area contributed by atoms with Crippen molar-refractivity contribution in [2.45, 2.75) is 6.54 Å². The molecule has 0 unspecified atom stereocenters. The molecule has 21 heavy (non-hydrogen) atoms. The highest BCUT2D eigenvalue weighted by molar-refractivity contribution is 9.10. The molecule has 2 aromatic carbocycles. The van der Waals surface area contributed by atoms with Gasteiger partial charge in [-0.1, -0.05) is 33.6 Å². The van der Waals surface area contributed by atoms with Gasteiger partial charge in [0.2, 0.25) is 0 Å². The summed E-state index contributed by atoms with van der Waals surface area (Å²) >= 11 is 9.39. The highest BCUT2D eigenvalue weighted by atomic mass is 79.9. The normalized spacial score (nSPS) is 10.4.